The third-order valence-corrected chi connectivity index (χ3v) is 6.20. The molecule has 4 N–H and O–H groups in total. The maximum Gasteiger partial charge on any atom is 0.469 e. The molecule has 158 valence electrons. The van der Waals surface area contributed by atoms with E-state index in [1.807, 2.05) is 42.7 Å². The van der Waals surface area contributed by atoms with E-state index in [0.29, 0.717) is 25.9 Å². The van der Waals surface area contributed by atoms with Crippen LogP contribution in [0.3, 0.4) is 0 Å². The van der Waals surface area contributed by atoms with Crippen LogP contribution >= 0.6 is 30.9 Å². The SMILES string of the molecule is CSc1ccc(OCCC#Cc2ccc(CCC(C)(N)COP(=O)(O)O)s2)cc1. The van der Waals surface area contributed by atoms with Gasteiger partial charge in [-0.2, -0.15) is 0 Å². The number of nitrogens with two attached hydrogens (primary N) is 1. The lowest BCUT2D eigenvalue weighted by Gasteiger charge is -2.24. The standard InChI is InChI=1S/C20H26NO5PS2/c1-20(21,15-26-27(22,23)24)13-12-19-11-10-18(29-19)5-3-4-14-25-16-6-8-17(28-2)9-7-16/h6-11H,4,12-15,21H2,1-2H3,(H2,22,23,24). The number of phosphoric acid groups is 1. The molecule has 6 nitrogen and oxygen atoms in total. The molecule has 0 bridgehead atoms. The molecule has 9 heteroatoms. The Morgan fingerprint density at radius 1 is 1.24 bits per heavy atom. The first-order valence-electron chi connectivity index (χ1n) is 9.00. The van der Waals surface area contributed by atoms with Crippen molar-refractivity contribution in [2.24, 2.45) is 5.73 Å². The lowest BCUT2D eigenvalue weighted by molar-refractivity contribution is 0.154. The molecule has 0 aliphatic rings. The number of ether oxygens (including phenoxy) is 1. The van der Waals surface area contributed by atoms with Crippen LogP contribution in [0.25, 0.3) is 0 Å². The van der Waals surface area contributed by atoms with Crippen molar-refractivity contribution < 1.29 is 23.6 Å². The van der Waals surface area contributed by atoms with Gasteiger partial charge in [-0.15, -0.1) is 23.1 Å². The van der Waals surface area contributed by atoms with Crippen LogP contribution in [0.1, 0.15) is 29.5 Å². The zero-order valence-corrected chi connectivity index (χ0v) is 19.0. The van der Waals surface area contributed by atoms with Crippen molar-refractivity contribution in [1.82, 2.24) is 0 Å². The predicted octanol–water partition coefficient (Wildman–Crippen LogP) is 4.05. The third kappa shape index (κ3) is 9.83. The number of thioether (sulfide) groups is 1. The molecule has 1 aromatic heterocycles. The minimum atomic E-state index is -4.50. The Kier molecular flexibility index (Phi) is 9.25. The molecule has 1 atom stereocenters. The average molecular weight is 456 g/mol. The van der Waals surface area contributed by atoms with E-state index in [9.17, 15) is 4.57 Å². The van der Waals surface area contributed by atoms with Crippen LogP contribution in [0, 0.1) is 11.8 Å². The molecule has 0 saturated heterocycles. The van der Waals surface area contributed by atoms with E-state index in [-0.39, 0.29) is 6.61 Å². The highest BCUT2D eigenvalue weighted by molar-refractivity contribution is 7.98. The van der Waals surface area contributed by atoms with Gasteiger partial charge in [-0.3, -0.25) is 4.52 Å². The summed E-state index contributed by atoms with van der Waals surface area (Å²) in [6.07, 6.45) is 3.91. The Morgan fingerprint density at radius 3 is 2.62 bits per heavy atom. The Morgan fingerprint density at radius 2 is 1.97 bits per heavy atom. The van der Waals surface area contributed by atoms with E-state index >= 15 is 0 Å². The fraction of sp³-hybridized carbons (Fsp3) is 0.400. The second-order valence-electron chi connectivity index (χ2n) is 6.76. The minimum Gasteiger partial charge on any atom is -0.493 e. The summed E-state index contributed by atoms with van der Waals surface area (Å²) in [5.41, 5.74) is 5.23. The van der Waals surface area contributed by atoms with Crippen LogP contribution in [-0.2, 0) is 15.5 Å². The quantitative estimate of drug-likeness (QED) is 0.215. The van der Waals surface area contributed by atoms with Crippen molar-refractivity contribution >= 4 is 30.9 Å². The lowest BCUT2D eigenvalue weighted by atomic mass is 9.98. The summed E-state index contributed by atoms with van der Waals surface area (Å²) in [5.74, 6) is 7.10. The number of thiophene rings is 1. The molecule has 0 amide bonds. The number of phosphoric ester groups is 1. The number of hydrogen-bond donors (Lipinski definition) is 3. The highest BCUT2D eigenvalue weighted by atomic mass is 32.2. The molecule has 0 radical (unpaired) electrons. The zero-order valence-electron chi connectivity index (χ0n) is 16.5. The van der Waals surface area contributed by atoms with Crippen molar-refractivity contribution in [1.29, 1.82) is 0 Å². The van der Waals surface area contributed by atoms with Gasteiger partial charge in [0.05, 0.1) is 18.1 Å². The maximum absolute atomic E-state index is 10.8. The number of hydrogen-bond acceptors (Lipinski definition) is 6. The second kappa shape index (κ2) is 11.2. The fourth-order valence-corrected chi connectivity index (χ4v) is 4.09. The first-order valence-corrected chi connectivity index (χ1v) is 12.6. The molecule has 0 aliphatic carbocycles. The summed E-state index contributed by atoms with van der Waals surface area (Å²) < 4.78 is 21.0. The van der Waals surface area contributed by atoms with E-state index in [1.54, 1.807) is 30.0 Å². The minimum absolute atomic E-state index is 0.199. The van der Waals surface area contributed by atoms with Crippen molar-refractivity contribution in [3.05, 3.63) is 46.2 Å². The van der Waals surface area contributed by atoms with Gasteiger partial charge in [-0.05, 0) is 62.4 Å². The van der Waals surface area contributed by atoms with E-state index < -0.39 is 13.4 Å². The van der Waals surface area contributed by atoms with Crippen molar-refractivity contribution in [2.45, 2.75) is 36.6 Å². The van der Waals surface area contributed by atoms with Crippen molar-refractivity contribution in [3.8, 4) is 17.6 Å². The molecule has 1 heterocycles. The van der Waals surface area contributed by atoms with Gasteiger partial charge in [0.2, 0.25) is 0 Å². The van der Waals surface area contributed by atoms with Crippen LogP contribution in [0.5, 0.6) is 5.75 Å². The Hall–Kier alpha value is -1.30. The number of benzene rings is 1. The Balaban J connectivity index is 1.73. The molecule has 29 heavy (non-hydrogen) atoms. The van der Waals surface area contributed by atoms with Crippen molar-refractivity contribution in [2.75, 3.05) is 19.5 Å². The Bertz CT molecular complexity index is 880. The van der Waals surface area contributed by atoms with Gasteiger partial charge in [0, 0.05) is 21.7 Å². The summed E-state index contributed by atoms with van der Waals surface area (Å²) in [6.45, 7) is 2.05. The van der Waals surface area contributed by atoms with E-state index in [0.717, 1.165) is 15.5 Å². The lowest BCUT2D eigenvalue weighted by Crippen LogP contribution is -2.41. The second-order valence-corrected chi connectivity index (χ2v) is 10.0. The van der Waals surface area contributed by atoms with Gasteiger partial charge in [-0.25, -0.2) is 4.57 Å². The summed E-state index contributed by atoms with van der Waals surface area (Å²) in [5, 5.41) is 0. The van der Waals surface area contributed by atoms with Crippen molar-refractivity contribution in [3.63, 3.8) is 0 Å². The molecule has 0 saturated carbocycles. The topological polar surface area (TPSA) is 102 Å². The molecule has 1 unspecified atom stereocenters. The predicted molar refractivity (Wildman–Crippen MR) is 118 cm³/mol. The molecular formula is C20H26NO5PS2. The highest BCUT2D eigenvalue weighted by Crippen LogP contribution is 2.37. The molecule has 2 rings (SSSR count). The van der Waals surface area contributed by atoms with Gasteiger partial charge < -0.3 is 20.3 Å². The van der Waals surface area contributed by atoms with Gasteiger partial charge in [0.25, 0.3) is 0 Å². The number of aryl methyl sites for hydroxylation is 1. The van der Waals surface area contributed by atoms with E-state index in [2.05, 4.69) is 16.4 Å². The third-order valence-electron chi connectivity index (χ3n) is 3.93. The van der Waals surface area contributed by atoms with E-state index in [1.165, 1.54) is 4.90 Å². The zero-order chi connectivity index (χ0) is 21.3. The van der Waals surface area contributed by atoms with Crippen LogP contribution < -0.4 is 10.5 Å². The molecule has 0 spiro atoms. The van der Waals surface area contributed by atoms with Gasteiger partial charge in [0.15, 0.2) is 0 Å². The van der Waals surface area contributed by atoms with Gasteiger partial charge in [-0.1, -0.05) is 11.8 Å². The highest BCUT2D eigenvalue weighted by Gasteiger charge is 2.24. The first-order chi connectivity index (χ1) is 13.7. The molecule has 0 aliphatic heterocycles. The number of rotatable bonds is 10. The van der Waals surface area contributed by atoms with Crippen LogP contribution in [-0.4, -0.2) is 34.8 Å². The fourth-order valence-electron chi connectivity index (χ4n) is 2.33. The molecule has 1 aromatic carbocycles. The first kappa shape index (κ1) is 24.0. The van der Waals surface area contributed by atoms with Gasteiger partial charge in [0.1, 0.15) is 5.75 Å². The average Bonchev–Trinajstić information content (AvgIpc) is 3.13. The van der Waals surface area contributed by atoms with Gasteiger partial charge >= 0.3 is 7.82 Å². The molecule has 0 fully saturated rings. The maximum atomic E-state index is 10.8. The molecular weight excluding hydrogens is 429 g/mol. The van der Waals surface area contributed by atoms with Crippen LogP contribution in [0.2, 0.25) is 0 Å². The largest absolute Gasteiger partial charge is 0.493 e. The van der Waals surface area contributed by atoms with Crippen LogP contribution in [0.15, 0.2) is 41.3 Å². The smallest absolute Gasteiger partial charge is 0.469 e. The normalized spacial score (nSPS) is 13.4. The van der Waals surface area contributed by atoms with Crippen LogP contribution in [0.4, 0.5) is 0 Å². The summed E-state index contributed by atoms with van der Waals surface area (Å²) in [7, 11) is -4.50. The summed E-state index contributed by atoms with van der Waals surface area (Å²) in [4.78, 5) is 20.9. The van der Waals surface area contributed by atoms with E-state index in [4.69, 9.17) is 20.3 Å². The summed E-state index contributed by atoms with van der Waals surface area (Å²) >= 11 is 3.28. The summed E-state index contributed by atoms with van der Waals surface area (Å²) in [6, 6.07) is 11.9. The molecule has 2 aromatic rings. The Labute approximate surface area is 180 Å². The monoisotopic (exact) mass is 455 g/mol.